The molecule has 1 aliphatic heterocycles. The van der Waals surface area contributed by atoms with Crippen molar-refractivity contribution in [1.29, 1.82) is 0 Å². The third-order valence-electron chi connectivity index (χ3n) is 4.49. The van der Waals surface area contributed by atoms with E-state index < -0.39 is 0 Å². The third kappa shape index (κ3) is 2.68. The van der Waals surface area contributed by atoms with Crippen molar-refractivity contribution in [3.05, 3.63) is 59.2 Å². The first-order valence-electron chi connectivity index (χ1n) is 7.82. The molecule has 0 spiro atoms. The fourth-order valence-corrected chi connectivity index (χ4v) is 3.30. The number of hydrogen-bond donors (Lipinski definition) is 1. The molecule has 1 N–H and O–H groups in total. The number of hydrogen-bond acceptors (Lipinski definition) is 2. The van der Waals surface area contributed by atoms with E-state index in [1.54, 1.807) is 0 Å². The largest absolute Gasteiger partial charge is 0.338 e. The first-order valence-corrected chi connectivity index (χ1v) is 7.82. The Labute approximate surface area is 127 Å². The van der Waals surface area contributed by atoms with Crippen LogP contribution in [0.4, 0.5) is 11.4 Å². The summed E-state index contributed by atoms with van der Waals surface area (Å²) in [5, 5.41) is 3.23. The van der Waals surface area contributed by atoms with Crippen LogP contribution in [-0.2, 0) is 13.0 Å². The molecule has 2 heteroatoms. The van der Waals surface area contributed by atoms with Crippen molar-refractivity contribution in [1.82, 2.24) is 5.32 Å². The molecular weight excluding hydrogens is 256 g/mol. The van der Waals surface area contributed by atoms with Gasteiger partial charge in [-0.1, -0.05) is 24.3 Å². The maximum Gasteiger partial charge on any atom is 0.0445 e. The van der Waals surface area contributed by atoms with Crippen LogP contribution in [-0.4, -0.2) is 13.1 Å². The van der Waals surface area contributed by atoms with E-state index in [-0.39, 0.29) is 0 Å². The van der Waals surface area contributed by atoms with Gasteiger partial charge in [-0.2, -0.15) is 0 Å². The monoisotopic (exact) mass is 280 g/mol. The molecule has 0 amide bonds. The minimum absolute atomic E-state index is 0.550. The topological polar surface area (TPSA) is 15.3 Å². The Morgan fingerprint density at radius 3 is 2.76 bits per heavy atom. The van der Waals surface area contributed by atoms with Gasteiger partial charge in [0.2, 0.25) is 0 Å². The van der Waals surface area contributed by atoms with Gasteiger partial charge in [0, 0.05) is 24.0 Å². The van der Waals surface area contributed by atoms with Crippen molar-refractivity contribution < 1.29 is 0 Å². The Kier molecular flexibility index (Phi) is 3.98. The summed E-state index contributed by atoms with van der Waals surface area (Å²) in [7, 11) is 2.00. The quantitative estimate of drug-likeness (QED) is 0.907. The van der Waals surface area contributed by atoms with Crippen molar-refractivity contribution in [2.24, 2.45) is 0 Å². The predicted molar refractivity (Wildman–Crippen MR) is 90.3 cm³/mol. The van der Waals surface area contributed by atoms with Crippen molar-refractivity contribution in [2.45, 2.75) is 39.3 Å². The highest BCUT2D eigenvalue weighted by atomic mass is 15.2. The molecule has 21 heavy (non-hydrogen) atoms. The molecule has 1 atom stereocenters. The summed E-state index contributed by atoms with van der Waals surface area (Å²) < 4.78 is 0. The van der Waals surface area contributed by atoms with E-state index in [0.717, 1.165) is 6.54 Å². The summed E-state index contributed by atoms with van der Waals surface area (Å²) in [6.45, 7) is 5.46. The number of benzene rings is 2. The molecule has 0 fully saturated rings. The smallest absolute Gasteiger partial charge is 0.0445 e. The van der Waals surface area contributed by atoms with Crippen LogP contribution < -0.4 is 10.2 Å². The Hall–Kier alpha value is -1.80. The number of aryl methyl sites for hydroxylation is 2. The van der Waals surface area contributed by atoms with Crippen LogP contribution in [0, 0.1) is 6.92 Å². The van der Waals surface area contributed by atoms with Gasteiger partial charge in [0.25, 0.3) is 0 Å². The zero-order valence-electron chi connectivity index (χ0n) is 13.2. The lowest BCUT2D eigenvalue weighted by atomic mass is 9.95. The lowest BCUT2D eigenvalue weighted by Gasteiger charge is -2.37. The fourth-order valence-electron chi connectivity index (χ4n) is 3.30. The Morgan fingerprint density at radius 1 is 1.19 bits per heavy atom. The van der Waals surface area contributed by atoms with Gasteiger partial charge in [0.15, 0.2) is 0 Å². The first kappa shape index (κ1) is 14.2. The number of anilines is 2. The number of rotatable bonds is 3. The third-order valence-corrected chi connectivity index (χ3v) is 4.49. The van der Waals surface area contributed by atoms with Crippen molar-refractivity contribution >= 4 is 11.4 Å². The van der Waals surface area contributed by atoms with Crippen LogP contribution in [0.25, 0.3) is 0 Å². The highest BCUT2D eigenvalue weighted by molar-refractivity contribution is 5.69. The Bertz CT molecular complexity index is 633. The average Bonchev–Trinajstić information content (AvgIpc) is 2.49. The zero-order chi connectivity index (χ0) is 14.8. The molecule has 2 nitrogen and oxygen atoms in total. The summed E-state index contributed by atoms with van der Waals surface area (Å²) in [5.41, 5.74) is 6.88. The highest BCUT2D eigenvalue weighted by Crippen LogP contribution is 2.37. The van der Waals surface area contributed by atoms with E-state index in [1.807, 2.05) is 7.05 Å². The maximum absolute atomic E-state index is 3.23. The molecule has 2 aromatic carbocycles. The van der Waals surface area contributed by atoms with Gasteiger partial charge in [-0.3, -0.25) is 0 Å². The van der Waals surface area contributed by atoms with Gasteiger partial charge < -0.3 is 10.2 Å². The van der Waals surface area contributed by atoms with Gasteiger partial charge in [-0.15, -0.1) is 0 Å². The molecule has 0 radical (unpaired) electrons. The van der Waals surface area contributed by atoms with Gasteiger partial charge in [-0.05, 0) is 68.6 Å². The molecular formula is C19H24N2. The van der Waals surface area contributed by atoms with E-state index in [1.165, 1.54) is 40.9 Å². The molecule has 1 aliphatic rings. The maximum atomic E-state index is 3.23. The predicted octanol–water partition coefficient (Wildman–Crippen LogP) is 4.19. The molecule has 2 aromatic rings. The minimum Gasteiger partial charge on any atom is -0.338 e. The second kappa shape index (κ2) is 5.90. The van der Waals surface area contributed by atoms with Crippen LogP contribution in [0.3, 0.4) is 0 Å². The molecule has 0 saturated carbocycles. The number of nitrogens with zero attached hydrogens (tertiary/aromatic N) is 1. The van der Waals surface area contributed by atoms with E-state index >= 15 is 0 Å². The summed E-state index contributed by atoms with van der Waals surface area (Å²) in [5.74, 6) is 0. The molecule has 0 saturated heterocycles. The first-order chi connectivity index (χ1) is 10.2. The van der Waals surface area contributed by atoms with Crippen LogP contribution >= 0.6 is 0 Å². The Balaban J connectivity index is 2.01. The molecule has 3 rings (SSSR count). The number of nitrogens with one attached hydrogen (secondary N) is 1. The van der Waals surface area contributed by atoms with Gasteiger partial charge in [0.05, 0.1) is 0 Å². The number of para-hydroxylation sites is 1. The standard InChI is InChI=1S/C19H24N2/c1-14-12-18(11-10-17(14)13-20-3)21-15(2)8-9-16-6-4-5-7-19(16)21/h4-7,10-12,15,20H,8-9,13H2,1-3H3. The summed E-state index contributed by atoms with van der Waals surface area (Å²) in [6, 6.07) is 16.2. The lowest BCUT2D eigenvalue weighted by Crippen LogP contribution is -2.33. The molecule has 110 valence electrons. The normalized spacial score (nSPS) is 17.7. The summed E-state index contributed by atoms with van der Waals surface area (Å²) in [4.78, 5) is 2.50. The minimum atomic E-state index is 0.550. The van der Waals surface area contributed by atoms with Crippen LogP contribution in [0.2, 0.25) is 0 Å². The van der Waals surface area contributed by atoms with E-state index in [0.29, 0.717) is 6.04 Å². The SMILES string of the molecule is CNCc1ccc(N2c3ccccc3CCC2C)cc1C. The van der Waals surface area contributed by atoms with Gasteiger partial charge >= 0.3 is 0 Å². The van der Waals surface area contributed by atoms with E-state index in [2.05, 4.69) is 66.5 Å². The molecule has 0 aliphatic carbocycles. The van der Waals surface area contributed by atoms with Gasteiger partial charge in [0.1, 0.15) is 0 Å². The Morgan fingerprint density at radius 2 is 2.00 bits per heavy atom. The van der Waals surface area contributed by atoms with Crippen LogP contribution in [0.5, 0.6) is 0 Å². The van der Waals surface area contributed by atoms with E-state index in [4.69, 9.17) is 0 Å². The second-order valence-electron chi connectivity index (χ2n) is 6.03. The molecule has 0 aromatic heterocycles. The zero-order valence-corrected chi connectivity index (χ0v) is 13.2. The summed E-state index contributed by atoms with van der Waals surface area (Å²) >= 11 is 0. The number of fused-ring (bicyclic) bond motifs is 1. The van der Waals surface area contributed by atoms with Crippen molar-refractivity contribution in [3.63, 3.8) is 0 Å². The van der Waals surface area contributed by atoms with Crippen molar-refractivity contribution in [3.8, 4) is 0 Å². The molecule has 1 unspecified atom stereocenters. The molecule has 1 heterocycles. The highest BCUT2D eigenvalue weighted by Gasteiger charge is 2.24. The molecule has 0 bridgehead atoms. The lowest BCUT2D eigenvalue weighted by molar-refractivity contribution is 0.618. The van der Waals surface area contributed by atoms with Crippen LogP contribution in [0.1, 0.15) is 30.0 Å². The van der Waals surface area contributed by atoms with Gasteiger partial charge in [-0.25, -0.2) is 0 Å². The van der Waals surface area contributed by atoms with E-state index in [9.17, 15) is 0 Å². The van der Waals surface area contributed by atoms with Crippen LogP contribution in [0.15, 0.2) is 42.5 Å². The second-order valence-corrected chi connectivity index (χ2v) is 6.03. The average molecular weight is 280 g/mol. The summed E-state index contributed by atoms with van der Waals surface area (Å²) in [6.07, 6.45) is 2.40. The fraction of sp³-hybridized carbons (Fsp3) is 0.368. The van der Waals surface area contributed by atoms with Crippen molar-refractivity contribution in [2.75, 3.05) is 11.9 Å².